The third-order valence-electron chi connectivity index (χ3n) is 2.33. The van der Waals surface area contributed by atoms with E-state index in [0.717, 1.165) is 0 Å². The van der Waals surface area contributed by atoms with E-state index in [0.29, 0.717) is 0 Å². The van der Waals surface area contributed by atoms with E-state index in [1.807, 2.05) is 0 Å². The van der Waals surface area contributed by atoms with Crippen LogP contribution in [0.1, 0.15) is 0 Å². The Kier molecular flexibility index (Phi) is 4.39. The summed E-state index contributed by atoms with van der Waals surface area (Å²) in [5, 5.41) is 46.5. The van der Waals surface area contributed by atoms with Crippen molar-refractivity contribution in [1.82, 2.24) is 0 Å². The molecule has 0 aromatic carbocycles. The SMILES string of the molecule is O=P(O)(S)O[C@@H]1[C@@H](O)[C@H](O)[C@@H](O)[C@H](O)[C@@H]1O. The summed E-state index contributed by atoms with van der Waals surface area (Å²) in [4.78, 5) is 8.79. The molecule has 0 spiro atoms. The first-order valence-corrected chi connectivity index (χ1v) is 7.02. The summed E-state index contributed by atoms with van der Waals surface area (Å²) in [6.45, 7) is -4.31. The van der Waals surface area contributed by atoms with E-state index < -0.39 is 43.4 Å². The fourth-order valence-corrected chi connectivity index (χ4v) is 2.37. The molecule has 7 atom stereocenters. The molecule has 0 radical (unpaired) electrons. The van der Waals surface area contributed by atoms with Crippen LogP contribution in [0.2, 0.25) is 0 Å². The highest BCUT2D eigenvalue weighted by Crippen LogP contribution is 2.49. The molecule has 8 nitrogen and oxygen atoms in total. The summed E-state index contributed by atoms with van der Waals surface area (Å²) in [6, 6.07) is 0. The normalized spacial score (nSPS) is 48.7. The first-order chi connectivity index (χ1) is 7.15. The predicted molar refractivity (Wildman–Crippen MR) is 53.7 cm³/mol. The summed E-state index contributed by atoms with van der Waals surface area (Å²) in [5.74, 6) is 0. The molecule has 1 unspecified atom stereocenters. The van der Waals surface area contributed by atoms with E-state index in [2.05, 4.69) is 16.8 Å². The Hall–Kier alpha value is 0.300. The van der Waals surface area contributed by atoms with Crippen LogP contribution in [0.15, 0.2) is 0 Å². The maximum Gasteiger partial charge on any atom is 0.383 e. The second kappa shape index (κ2) is 4.89. The Morgan fingerprint density at radius 3 is 1.50 bits per heavy atom. The summed E-state index contributed by atoms with van der Waals surface area (Å²) in [7, 11) is 0. The average molecular weight is 276 g/mol. The van der Waals surface area contributed by atoms with Gasteiger partial charge >= 0.3 is 6.80 Å². The molecule has 0 amide bonds. The molecule has 0 saturated heterocycles. The number of hydrogen-bond acceptors (Lipinski definition) is 7. The van der Waals surface area contributed by atoms with Crippen LogP contribution < -0.4 is 0 Å². The fourth-order valence-electron chi connectivity index (χ4n) is 1.48. The van der Waals surface area contributed by atoms with Gasteiger partial charge in [0.05, 0.1) is 0 Å². The standard InChI is InChI=1S/C6H13O8PS/c7-1-2(8)4(10)6(5(11)3(1)9)14-15(12,13)16/h1-11H,(H2,12,13,16)/t1-,2-,3+,4-,5-,6-/m0/s1. The molecule has 16 heavy (non-hydrogen) atoms. The topological polar surface area (TPSA) is 148 Å². The number of rotatable bonds is 2. The van der Waals surface area contributed by atoms with Gasteiger partial charge in [-0.1, -0.05) is 12.2 Å². The van der Waals surface area contributed by atoms with Gasteiger partial charge in [0, 0.05) is 0 Å². The lowest BCUT2D eigenvalue weighted by Crippen LogP contribution is -2.64. The summed E-state index contributed by atoms with van der Waals surface area (Å²) < 4.78 is 15.2. The molecule has 0 bridgehead atoms. The van der Waals surface area contributed by atoms with E-state index in [1.54, 1.807) is 0 Å². The average Bonchev–Trinajstić information content (AvgIpc) is 2.17. The maximum atomic E-state index is 10.8. The zero-order valence-corrected chi connectivity index (χ0v) is 9.65. The van der Waals surface area contributed by atoms with Crippen LogP contribution in [0.3, 0.4) is 0 Å². The molecule has 1 aliphatic carbocycles. The van der Waals surface area contributed by atoms with Crippen LogP contribution in [0.25, 0.3) is 0 Å². The highest BCUT2D eigenvalue weighted by molar-refractivity contribution is 8.44. The maximum absolute atomic E-state index is 10.8. The van der Waals surface area contributed by atoms with Crippen molar-refractivity contribution in [1.29, 1.82) is 0 Å². The first kappa shape index (κ1) is 14.4. The van der Waals surface area contributed by atoms with E-state index in [1.165, 1.54) is 0 Å². The molecule has 1 fully saturated rings. The minimum absolute atomic E-state index is 1.72. The van der Waals surface area contributed by atoms with Crippen molar-refractivity contribution in [3.63, 3.8) is 0 Å². The molecule has 0 aromatic heterocycles. The van der Waals surface area contributed by atoms with E-state index in [-0.39, 0.29) is 0 Å². The zero-order chi connectivity index (χ0) is 12.7. The van der Waals surface area contributed by atoms with Crippen molar-refractivity contribution in [2.75, 3.05) is 0 Å². The van der Waals surface area contributed by atoms with E-state index >= 15 is 0 Å². The Morgan fingerprint density at radius 2 is 1.19 bits per heavy atom. The summed E-state index contributed by atoms with van der Waals surface area (Å²) in [5.41, 5.74) is 0. The minimum atomic E-state index is -4.31. The predicted octanol–water partition coefficient (Wildman–Crippen LogP) is -2.78. The van der Waals surface area contributed by atoms with Gasteiger partial charge in [-0.25, -0.2) is 4.57 Å². The third kappa shape index (κ3) is 2.95. The lowest BCUT2D eigenvalue weighted by molar-refractivity contribution is -0.217. The number of hydrogen-bond donors (Lipinski definition) is 7. The Labute approximate surface area is 95.8 Å². The van der Waals surface area contributed by atoms with Gasteiger partial charge in [0.15, 0.2) is 0 Å². The van der Waals surface area contributed by atoms with Crippen LogP contribution >= 0.6 is 19.0 Å². The molecule has 10 heteroatoms. The molecule has 0 heterocycles. The highest BCUT2D eigenvalue weighted by atomic mass is 32.7. The van der Waals surface area contributed by atoms with Gasteiger partial charge in [-0.3, -0.25) is 4.52 Å². The minimum Gasteiger partial charge on any atom is -0.387 e. The second-order valence-corrected chi connectivity index (χ2v) is 6.22. The molecular weight excluding hydrogens is 263 g/mol. The van der Waals surface area contributed by atoms with Crippen molar-refractivity contribution >= 4 is 19.0 Å². The van der Waals surface area contributed by atoms with Gasteiger partial charge < -0.3 is 30.4 Å². The summed E-state index contributed by atoms with van der Waals surface area (Å²) >= 11 is 3.17. The molecule has 1 saturated carbocycles. The third-order valence-corrected chi connectivity index (χ3v) is 3.13. The zero-order valence-electron chi connectivity index (χ0n) is 7.86. The molecular formula is C6H13O8PS. The van der Waals surface area contributed by atoms with Crippen LogP contribution in [0, 0.1) is 0 Å². The molecule has 1 rings (SSSR count). The fraction of sp³-hybridized carbons (Fsp3) is 1.00. The van der Waals surface area contributed by atoms with Crippen LogP contribution in [0.4, 0.5) is 0 Å². The van der Waals surface area contributed by atoms with Gasteiger partial charge in [0.2, 0.25) is 0 Å². The molecule has 0 aromatic rings. The lowest BCUT2D eigenvalue weighted by atomic mass is 9.85. The number of aliphatic hydroxyl groups excluding tert-OH is 5. The van der Waals surface area contributed by atoms with Crippen molar-refractivity contribution in [2.24, 2.45) is 0 Å². The van der Waals surface area contributed by atoms with Crippen LogP contribution in [-0.4, -0.2) is 67.0 Å². The molecule has 6 N–H and O–H groups in total. The second-order valence-electron chi connectivity index (χ2n) is 3.51. The van der Waals surface area contributed by atoms with Gasteiger partial charge in [-0.05, 0) is 0 Å². The highest BCUT2D eigenvalue weighted by Gasteiger charge is 2.50. The monoisotopic (exact) mass is 276 g/mol. The Bertz CT molecular complexity index is 278. The van der Waals surface area contributed by atoms with Crippen molar-refractivity contribution < 1.29 is 39.5 Å². The Balaban J connectivity index is 2.87. The molecule has 1 aliphatic rings. The van der Waals surface area contributed by atoms with E-state index in [4.69, 9.17) is 4.89 Å². The Morgan fingerprint density at radius 1 is 0.875 bits per heavy atom. The van der Waals surface area contributed by atoms with Gasteiger partial charge in [0.25, 0.3) is 0 Å². The largest absolute Gasteiger partial charge is 0.387 e. The molecule has 96 valence electrons. The van der Waals surface area contributed by atoms with Crippen molar-refractivity contribution in [3.8, 4) is 0 Å². The van der Waals surface area contributed by atoms with Crippen LogP contribution in [-0.2, 0) is 9.09 Å². The van der Waals surface area contributed by atoms with Gasteiger partial charge in [0.1, 0.15) is 36.6 Å². The number of thiol groups is 1. The van der Waals surface area contributed by atoms with Crippen molar-refractivity contribution in [2.45, 2.75) is 36.6 Å². The van der Waals surface area contributed by atoms with Crippen LogP contribution in [0.5, 0.6) is 0 Å². The lowest BCUT2D eigenvalue weighted by Gasteiger charge is -2.41. The first-order valence-electron chi connectivity index (χ1n) is 4.29. The van der Waals surface area contributed by atoms with E-state index in [9.17, 15) is 30.1 Å². The quantitative estimate of drug-likeness (QED) is 0.212. The molecule has 0 aliphatic heterocycles. The smallest absolute Gasteiger partial charge is 0.383 e. The number of aliphatic hydroxyl groups is 5. The van der Waals surface area contributed by atoms with Gasteiger partial charge in [-0.2, -0.15) is 0 Å². The van der Waals surface area contributed by atoms with Crippen molar-refractivity contribution in [3.05, 3.63) is 0 Å². The summed E-state index contributed by atoms with van der Waals surface area (Å²) in [6.07, 6.45) is -10.7. The van der Waals surface area contributed by atoms with Gasteiger partial charge in [-0.15, -0.1) is 0 Å².